The molecule has 3 N–H and O–H groups in total. The Morgan fingerprint density at radius 2 is 1.91 bits per heavy atom. The highest BCUT2D eigenvalue weighted by molar-refractivity contribution is 7.46. The Balaban J connectivity index is 1.85. The number of carbonyl (C=O) groups is 3. The van der Waals surface area contributed by atoms with Crippen molar-refractivity contribution in [3.05, 3.63) is 23.8 Å². The minimum atomic E-state index is -5.19. The van der Waals surface area contributed by atoms with E-state index >= 15 is 4.39 Å². The van der Waals surface area contributed by atoms with Crippen LogP contribution in [0.15, 0.2) is 23.8 Å². The fourth-order valence-electron chi connectivity index (χ4n) is 7.66. The minimum absolute atomic E-state index is 0.251. The number of allylic oxidation sites excluding steroid dienone is 4. The van der Waals surface area contributed by atoms with Gasteiger partial charge in [0.2, 0.25) is 5.78 Å². The van der Waals surface area contributed by atoms with Crippen LogP contribution < -0.4 is 0 Å². The third kappa shape index (κ3) is 3.63. The lowest BCUT2D eigenvalue weighted by atomic mass is 9.44. The number of halogens is 1. The fourth-order valence-corrected chi connectivity index (χ4v) is 8.22. The van der Waals surface area contributed by atoms with Crippen molar-refractivity contribution >= 4 is 25.4 Å². The van der Waals surface area contributed by atoms with Gasteiger partial charge in [-0.05, 0) is 56.6 Å². The number of hydrogen-bond donors (Lipinski definition) is 3. The van der Waals surface area contributed by atoms with E-state index in [4.69, 9.17) is 9.26 Å². The number of fused-ring (bicyclic) bond motifs is 5. The summed E-state index contributed by atoms with van der Waals surface area (Å²) in [7, 11) is -5.19. The number of ketones is 2. The van der Waals surface area contributed by atoms with E-state index in [9.17, 15) is 33.8 Å². The Labute approximate surface area is 203 Å². The van der Waals surface area contributed by atoms with Gasteiger partial charge >= 0.3 is 13.8 Å². The molecule has 11 heteroatoms. The summed E-state index contributed by atoms with van der Waals surface area (Å²) in [6, 6.07) is 0. The average Bonchev–Trinajstić information content (AvgIpc) is 2.94. The fraction of sp³-hybridized carbons (Fsp3) is 0.708. The van der Waals surface area contributed by atoms with Crippen LogP contribution in [0.2, 0.25) is 0 Å². The molecule has 0 aromatic carbocycles. The molecule has 4 aliphatic rings. The molecule has 0 radical (unpaired) electrons. The van der Waals surface area contributed by atoms with Gasteiger partial charge in [-0.25, -0.2) is 8.96 Å². The first-order valence-electron chi connectivity index (χ1n) is 11.8. The summed E-state index contributed by atoms with van der Waals surface area (Å²) in [4.78, 5) is 56.0. The topological polar surface area (TPSA) is 147 Å². The lowest BCUT2D eigenvalue weighted by molar-refractivity contribution is -0.216. The highest BCUT2D eigenvalue weighted by atomic mass is 31.2. The van der Waals surface area contributed by atoms with E-state index in [-0.39, 0.29) is 25.0 Å². The van der Waals surface area contributed by atoms with Gasteiger partial charge in [0.1, 0.15) is 11.7 Å². The van der Waals surface area contributed by atoms with E-state index in [0.717, 1.165) is 6.92 Å². The molecule has 9 nitrogen and oxygen atoms in total. The van der Waals surface area contributed by atoms with Gasteiger partial charge in [0.25, 0.3) is 0 Å². The summed E-state index contributed by atoms with van der Waals surface area (Å²) in [6.07, 6.45) is 2.96. The highest BCUT2D eigenvalue weighted by Gasteiger charge is 2.76. The number of ether oxygens (including phenoxy) is 1. The van der Waals surface area contributed by atoms with Crippen molar-refractivity contribution in [2.24, 2.45) is 28.6 Å². The normalized spacial score (nSPS) is 44.7. The van der Waals surface area contributed by atoms with Crippen LogP contribution in [-0.2, 0) is 28.2 Å². The van der Waals surface area contributed by atoms with Gasteiger partial charge in [-0.15, -0.1) is 0 Å². The third-order valence-corrected chi connectivity index (χ3v) is 9.82. The molecule has 3 saturated carbocycles. The molecule has 0 heterocycles. The van der Waals surface area contributed by atoms with Gasteiger partial charge in [-0.1, -0.05) is 25.5 Å². The lowest BCUT2D eigenvalue weighted by Crippen LogP contribution is -2.69. The quantitative estimate of drug-likeness (QED) is 0.372. The second-order valence-corrected chi connectivity index (χ2v) is 12.1. The molecule has 0 unspecified atom stereocenters. The zero-order chi connectivity index (χ0) is 26.2. The van der Waals surface area contributed by atoms with Crippen molar-refractivity contribution < 1.29 is 47.5 Å². The summed E-state index contributed by atoms with van der Waals surface area (Å²) < 4.78 is 39.6. The monoisotopic (exact) mass is 514 g/mol. The maximum atomic E-state index is 17.6. The van der Waals surface area contributed by atoms with Crippen molar-refractivity contribution in [3.8, 4) is 0 Å². The average molecular weight is 514 g/mol. The van der Waals surface area contributed by atoms with E-state index in [1.807, 2.05) is 0 Å². The third-order valence-electron chi connectivity index (χ3n) is 9.29. The van der Waals surface area contributed by atoms with Gasteiger partial charge in [-0.3, -0.25) is 18.9 Å². The highest BCUT2D eigenvalue weighted by Crippen LogP contribution is 2.72. The first-order valence-corrected chi connectivity index (χ1v) is 13.3. The molecule has 0 aromatic rings. The molecule has 8 atom stereocenters. The predicted octanol–water partition coefficient (Wildman–Crippen LogP) is 2.58. The van der Waals surface area contributed by atoms with E-state index < -0.39 is 72.1 Å². The molecular weight excluding hydrogens is 482 g/mol. The van der Waals surface area contributed by atoms with Crippen molar-refractivity contribution in [1.29, 1.82) is 0 Å². The van der Waals surface area contributed by atoms with Gasteiger partial charge in [0.15, 0.2) is 18.1 Å². The molecule has 35 heavy (non-hydrogen) atoms. The maximum absolute atomic E-state index is 17.6. The molecule has 0 saturated heterocycles. The minimum Gasteiger partial charge on any atom is -0.458 e. The Morgan fingerprint density at radius 1 is 1.26 bits per heavy atom. The van der Waals surface area contributed by atoms with E-state index in [1.54, 1.807) is 20.8 Å². The van der Waals surface area contributed by atoms with Crippen LogP contribution in [0.1, 0.15) is 53.4 Å². The van der Waals surface area contributed by atoms with Crippen molar-refractivity contribution in [2.75, 3.05) is 6.61 Å². The summed E-state index contributed by atoms with van der Waals surface area (Å²) in [5.41, 5.74) is -6.49. The number of esters is 1. The number of Topliss-reactive ketones (excluding diaryl/α,β-unsaturated/α-hetero) is 1. The molecule has 0 spiro atoms. The predicted molar refractivity (Wildman–Crippen MR) is 120 cm³/mol. The molecule has 194 valence electrons. The van der Waals surface area contributed by atoms with Crippen LogP contribution in [-0.4, -0.2) is 56.4 Å². The number of phosphoric ester groups is 1. The maximum Gasteiger partial charge on any atom is 0.469 e. The Hall–Kier alpha value is -1.71. The van der Waals surface area contributed by atoms with Crippen LogP contribution in [0.3, 0.4) is 0 Å². The second kappa shape index (κ2) is 8.15. The van der Waals surface area contributed by atoms with Gasteiger partial charge in [-0.2, -0.15) is 0 Å². The number of rotatable bonds is 5. The van der Waals surface area contributed by atoms with Crippen molar-refractivity contribution in [3.63, 3.8) is 0 Å². The molecule has 3 fully saturated rings. The van der Waals surface area contributed by atoms with Gasteiger partial charge in [0.05, 0.1) is 0 Å². The zero-order valence-electron chi connectivity index (χ0n) is 20.2. The van der Waals surface area contributed by atoms with E-state index in [0.29, 0.717) is 12.0 Å². The largest absolute Gasteiger partial charge is 0.469 e. The smallest absolute Gasteiger partial charge is 0.458 e. The van der Waals surface area contributed by atoms with Crippen LogP contribution in [0.5, 0.6) is 0 Å². The van der Waals surface area contributed by atoms with Gasteiger partial charge < -0.3 is 19.6 Å². The summed E-state index contributed by atoms with van der Waals surface area (Å²) in [5, 5.41) is 11.8. The molecule has 0 amide bonds. The second-order valence-electron chi connectivity index (χ2n) is 10.9. The van der Waals surface area contributed by atoms with Crippen molar-refractivity contribution in [1.82, 2.24) is 0 Å². The standard InChI is InChI=1S/C24H32FO9P/c1-13-9-18-17-6-5-15-10-16(27)7-8-21(15,3)23(17,25)20(34-35(30,31)32)11-22(18,4)24(13,29)19(28)12-33-14(2)26/h7-8,10,13,17-18,20,29H,5-6,9,11-12H2,1-4H3,(H2,30,31,32)/t13-,17+,18+,20+,21+,22+,23+,24+/m1/s1. The summed E-state index contributed by atoms with van der Waals surface area (Å²) >= 11 is 0. The van der Waals surface area contributed by atoms with Crippen molar-refractivity contribution in [2.45, 2.75) is 70.8 Å². The first kappa shape index (κ1) is 26.4. The summed E-state index contributed by atoms with van der Waals surface area (Å²) in [6.45, 7) is 5.37. The molecular formula is C24H32FO9P. The van der Waals surface area contributed by atoms with Crippen LogP contribution in [0, 0.1) is 28.6 Å². The number of hydrogen-bond acceptors (Lipinski definition) is 7. The van der Waals surface area contributed by atoms with Crippen LogP contribution in [0.25, 0.3) is 0 Å². The van der Waals surface area contributed by atoms with E-state index in [1.165, 1.54) is 18.2 Å². The Bertz CT molecular complexity index is 1080. The molecule has 0 bridgehead atoms. The number of alkyl halides is 1. The molecule has 0 aliphatic heterocycles. The molecule has 0 aromatic heterocycles. The number of phosphoric acid groups is 1. The molecule has 4 aliphatic carbocycles. The SMILES string of the molecule is CC(=O)OCC(=O)[C@@]1(O)[C@H](C)C[C@H]2[C@@H]3CCC4=CC(=O)C=C[C@]4(C)[C@@]3(F)[C@@H](OP(=O)(O)O)C[C@@]21C. The Morgan fingerprint density at radius 3 is 2.51 bits per heavy atom. The first-order chi connectivity index (χ1) is 16.0. The van der Waals surface area contributed by atoms with Crippen LogP contribution >= 0.6 is 7.82 Å². The van der Waals surface area contributed by atoms with Gasteiger partial charge in [0, 0.05) is 23.7 Å². The van der Waals surface area contributed by atoms with Crippen LogP contribution in [0.4, 0.5) is 4.39 Å². The Kier molecular flexibility index (Phi) is 6.14. The van der Waals surface area contributed by atoms with E-state index in [2.05, 4.69) is 0 Å². The zero-order valence-corrected chi connectivity index (χ0v) is 21.1. The number of carbonyl (C=O) groups excluding carboxylic acids is 3. The lowest BCUT2D eigenvalue weighted by Gasteiger charge is -2.63. The number of aliphatic hydroxyl groups is 1. The molecule has 4 rings (SSSR count). The summed E-state index contributed by atoms with van der Waals surface area (Å²) in [5.74, 6) is -3.70.